The number of alkyl halides is 3. The largest absolute Gasteiger partial charge is 0.478 e. The summed E-state index contributed by atoms with van der Waals surface area (Å²) in [4.78, 5) is 11.9. The van der Waals surface area contributed by atoms with Crippen molar-refractivity contribution < 1.29 is 28.2 Å². The molecule has 0 saturated carbocycles. The molecule has 0 heterocycles. The molecule has 5 nitrogen and oxygen atoms in total. The first-order valence-electron chi connectivity index (χ1n) is 8.42. The van der Waals surface area contributed by atoms with Gasteiger partial charge in [0.25, 0.3) is 0 Å². The summed E-state index contributed by atoms with van der Waals surface area (Å²) < 4.78 is 41.9. The summed E-state index contributed by atoms with van der Waals surface area (Å²) in [6.07, 6.45) is -2.75. The van der Waals surface area contributed by atoms with E-state index in [4.69, 9.17) is 5.41 Å². The van der Waals surface area contributed by atoms with Crippen molar-refractivity contribution in [2.45, 2.75) is 18.7 Å². The number of carboxylic acids is 1. The number of aromatic carboxylic acids is 1. The first kappa shape index (κ1) is 19.6. The number of carbonyl (C=O) groups is 1. The number of aliphatic hydroxyl groups is 1. The molecule has 3 rings (SSSR count). The molecule has 0 bridgehead atoms. The van der Waals surface area contributed by atoms with Crippen LogP contribution in [0.4, 0.5) is 13.2 Å². The maximum atomic E-state index is 14.0. The molecule has 1 aliphatic carbocycles. The molecule has 0 radical (unpaired) electrons. The van der Waals surface area contributed by atoms with Crippen molar-refractivity contribution in [2.24, 2.45) is 0 Å². The average Bonchev–Trinajstić information content (AvgIpc) is 2.92. The summed E-state index contributed by atoms with van der Waals surface area (Å²) >= 11 is 0. The van der Waals surface area contributed by atoms with E-state index in [1.807, 2.05) is 0 Å². The Bertz CT molecular complexity index is 999. The lowest BCUT2D eigenvalue weighted by Crippen LogP contribution is -2.41. The molecule has 2 aromatic carbocycles. The van der Waals surface area contributed by atoms with Crippen LogP contribution in [-0.4, -0.2) is 35.1 Å². The molecular weight excluding hydrogens is 373 g/mol. The fraction of sp³-hybridized carbons (Fsp3) is 0.200. The normalized spacial score (nSPS) is 18.4. The highest BCUT2D eigenvalue weighted by atomic mass is 19.4. The Morgan fingerprint density at radius 2 is 1.93 bits per heavy atom. The highest BCUT2D eigenvalue weighted by molar-refractivity contribution is 6.10. The highest BCUT2D eigenvalue weighted by Gasteiger charge is 2.61. The van der Waals surface area contributed by atoms with Gasteiger partial charge in [-0.2, -0.15) is 13.2 Å². The van der Waals surface area contributed by atoms with Gasteiger partial charge in [0.1, 0.15) is 0 Å². The Morgan fingerprint density at radius 3 is 2.50 bits per heavy atom. The number of hydrogen-bond acceptors (Lipinski definition) is 4. The van der Waals surface area contributed by atoms with Crippen LogP contribution in [0.5, 0.6) is 0 Å². The van der Waals surface area contributed by atoms with Gasteiger partial charge in [-0.1, -0.05) is 24.3 Å². The van der Waals surface area contributed by atoms with Crippen LogP contribution in [0.25, 0.3) is 16.7 Å². The second-order valence-electron chi connectivity index (χ2n) is 6.31. The SMILES string of the molecule is CCN/C=C(\C=N)c1cc(C(=O)O)c2c(c1)C(O)(C(F)(F)F)c1ccccc1-2. The van der Waals surface area contributed by atoms with Gasteiger partial charge in [-0.25, -0.2) is 4.79 Å². The van der Waals surface area contributed by atoms with Crippen LogP contribution in [0.1, 0.15) is 34.0 Å². The quantitative estimate of drug-likeness (QED) is 0.585. The van der Waals surface area contributed by atoms with E-state index in [2.05, 4.69) is 5.32 Å². The van der Waals surface area contributed by atoms with Crippen LogP contribution < -0.4 is 5.32 Å². The molecule has 146 valence electrons. The first-order valence-corrected chi connectivity index (χ1v) is 8.42. The highest BCUT2D eigenvalue weighted by Crippen LogP contribution is 2.56. The maximum absolute atomic E-state index is 14.0. The third kappa shape index (κ3) is 2.77. The van der Waals surface area contributed by atoms with Crippen molar-refractivity contribution in [3.63, 3.8) is 0 Å². The van der Waals surface area contributed by atoms with E-state index in [1.54, 1.807) is 6.92 Å². The van der Waals surface area contributed by atoms with Gasteiger partial charge in [0, 0.05) is 41.2 Å². The Balaban J connectivity index is 2.42. The van der Waals surface area contributed by atoms with Gasteiger partial charge in [-0.15, -0.1) is 0 Å². The van der Waals surface area contributed by atoms with Crippen molar-refractivity contribution in [3.8, 4) is 11.1 Å². The molecule has 0 spiro atoms. The average molecular weight is 390 g/mol. The number of allylic oxidation sites excluding steroid dienone is 1. The van der Waals surface area contributed by atoms with E-state index in [-0.39, 0.29) is 27.8 Å². The molecule has 0 aliphatic heterocycles. The topological polar surface area (TPSA) is 93.4 Å². The number of carboxylic acid groups (broad SMARTS) is 1. The number of hydrogen-bond donors (Lipinski definition) is 4. The lowest BCUT2D eigenvalue weighted by Gasteiger charge is -2.28. The van der Waals surface area contributed by atoms with Gasteiger partial charge < -0.3 is 20.9 Å². The number of benzene rings is 2. The van der Waals surface area contributed by atoms with Gasteiger partial charge in [0.05, 0.1) is 5.56 Å². The molecule has 2 aromatic rings. The summed E-state index contributed by atoms with van der Waals surface area (Å²) in [5.74, 6) is -1.42. The fourth-order valence-corrected chi connectivity index (χ4v) is 3.44. The second-order valence-corrected chi connectivity index (χ2v) is 6.31. The summed E-state index contributed by atoms with van der Waals surface area (Å²) in [6, 6.07) is 7.66. The van der Waals surface area contributed by atoms with E-state index in [0.717, 1.165) is 18.3 Å². The van der Waals surface area contributed by atoms with E-state index in [9.17, 15) is 28.2 Å². The predicted molar refractivity (Wildman–Crippen MR) is 98.3 cm³/mol. The first-order chi connectivity index (χ1) is 13.2. The molecule has 0 amide bonds. The van der Waals surface area contributed by atoms with Crippen LogP contribution in [0.2, 0.25) is 0 Å². The molecule has 1 aliphatic rings. The van der Waals surface area contributed by atoms with Crippen LogP contribution >= 0.6 is 0 Å². The van der Waals surface area contributed by atoms with E-state index in [0.29, 0.717) is 6.54 Å². The van der Waals surface area contributed by atoms with Crippen LogP contribution in [-0.2, 0) is 5.60 Å². The van der Waals surface area contributed by atoms with Crippen molar-refractivity contribution in [3.05, 3.63) is 64.9 Å². The number of rotatable bonds is 5. The Morgan fingerprint density at radius 1 is 1.25 bits per heavy atom. The fourth-order valence-electron chi connectivity index (χ4n) is 3.44. The zero-order chi connectivity index (χ0) is 20.7. The van der Waals surface area contributed by atoms with Crippen molar-refractivity contribution in [2.75, 3.05) is 6.54 Å². The minimum atomic E-state index is -5.07. The van der Waals surface area contributed by atoms with Crippen LogP contribution in [0, 0.1) is 5.41 Å². The van der Waals surface area contributed by atoms with E-state index < -0.39 is 28.9 Å². The molecule has 0 saturated heterocycles. The zero-order valence-corrected chi connectivity index (χ0v) is 14.8. The summed E-state index contributed by atoms with van der Waals surface area (Å²) in [5.41, 5.74) is -4.55. The monoisotopic (exact) mass is 390 g/mol. The molecule has 4 N–H and O–H groups in total. The molecule has 8 heteroatoms. The van der Waals surface area contributed by atoms with Gasteiger partial charge in [-0.05, 0) is 30.2 Å². The summed E-state index contributed by atoms with van der Waals surface area (Å²) in [5, 5.41) is 30.8. The standard InChI is InChI=1S/C20H17F3N2O3/c1-2-25-10-12(9-24)11-7-14(18(26)27)17-13-5-3-4-6-15(13)19(28,16(17)8-11)20(21,22)23/h3-10,24-25,28H,2H2,1H3,(H,26,27)/b12-10+,24-9?. The van der Waals surface area contributed by atoms with Crippen molar-refractivity contribution >= 4 is 17.8 Å². The van der Waals surface area contributed by atoms with Crippen molar-refractivity contribution in [1.82, 2.24) is 5.32 Å². The summed E-state index contributed by atoms with van der Waals surface area (Å²) in [6.45, 7) is 2.30. The van der Waals surface area contributed by atoms with Crippen LogP contribution in [0.3, 0.4) is 0 Å². The van der Waals surface area contributed by atoms with Crippen molar-refractivity contribution in [1.29, 1.82) is 5.41 Å². The lowest BCUT2D eigenvalue weighted by molar-refractivity contribution is -0.246. The van der Waals surface area contributed by atoms with E-state index >= 15 is 0 Å². The summed E-state index contributed by atoms with van der Waals surface area (Å²) in [7, 11) is 0. The maximum Gasteiger partial charge on any atom is 0.425 e. The Kier molecular flexibility index (Phi) is 4.76. The molecule has 0 aromatic heterocycles. The predicted octanol–water partition coefficient (Wildman–Crippen LogP) is 3.76. The van der Waals surface area contributed by atoms with Gasteiger partial charge >= 0.3 is 12.1 Å². The third-order valence-electron chi connectivity index (χ3n) is 4.71. The number of fused-ring (bicyclic) bond motifs is 3. The van der Waals surface area contributed by atoms with E-state index in [1.165, 1.54) is 30.5 Å². The van der Waals surface area contributed by atoms with Gasteiger partial charge in [0.2, 0.25) is 5.60 Å². The molecule has 1 unspecified atom stereocenters. The van der Waals surface area contributed by atoms with Gasteiger partial charge in [0.15, 0.2) is 0 Å². The molecular formula is C20H17F3N2O3. The minimum Gasteiger partial charge on any atom is -0.478 e. The van der Waals surface area contributed by atoms with Crippen LogP contribution in [0.15, 0.2) is 42.6 Å². The second kappa shape index (κ2) is 6.79. The smallest absolute Gasteiger partial charge is 0.425 e. The number of halogens is 3. The Labute approximate surface area is 158 Å². The lowest BCUT2D eigenvalue weighted by atomic mass is 9.87. The Hall–Kier alpha value is -3.13. The minimum absolute atomic E-state index is 0.0216. The number of nitrogens with one attached hydrogen (secondary N) is 2. The third-order valence-corrected chi connectivity index (χ3v) is 4.71. The van der Waals surface area contributed by atoms with Gasteiger partial charge in [-0.3, -0.25) is 0 Å². The molecule has 1 atom stereocenters. The molecule has 28 heavy (non-hydrogen) atoms. The molecule has 0 fully saturated rings. The zero-order valence-electron chi connectivity index (χ0n) is 14.8.